The van der Waals surface area contributed by atoms with Crippen LogP contribution in [0.1, 0.15) is 17.5 Å². The molecule has 33 heavy (non-hydrogen) atoms. The van der Waals surface area contributed by atoms with Crippen molar-refractivity contribution >= 4 is 40.5 Å². The summed E-state index contributed by atoms with van der Waals surface area (Å²) in [4.78, 5) is 12.0. The fraction of sp³-hybridized carbons (Fsp3) is 0.115. The van der Waals surface area contributed by atoms with Gasteiger partial charge in [0.1, 0.15) is 12.4 Å². The van der Waals surface area contributed by atoms with Crippen molar-refractivity contribution in [3.05, 3.63) is 99.3 Å². The summed E-state index contributed by atoms with van der Waals surface area (Å²) >= 11 is 14.2. The first kappa shape index (κ1) is 25.8. The molecule has 3 aromatic carbocycles. The molecule has 0 radical (unpaired) electrons. The zero-order chi connectivity index (χ0) is 22.5. The number of carboxylic acids is 1. The Kier molecular flexibility index (Phi) is 9.45. The van der Waals surface area contributed by atoms with Crippen LogP contribution in [0.25, 0.3) is 21.6 Å². The van der Waals surface area contributed by atoms with Crippen LogP contribution in [0.4, 0.5) is 0 Å². The number of carboxylic acid groups (broad SMARTS) is 1. The van der Waals surface area contributed by atoms with Gasteiger partial charge in [0, 0.05) is 32.0 Å². The Labute approximate surface area is 229 Å². The third-order valence-electron chi connectivity index (χ3n) is 5.11. The summed E-state index contributed by atoms with van der Waals surface area (Å²) in [5.41, 5.74) is 4.76. The van der Waals surface area contributed by atoms with E-state index in [0.717, 1.165) is 38.4 Å². The van der Waals surface area contributed by atoms with E-state index in [2.05, 4.69) is 11.4 Å². The van der Waals surface area contributed by atoms with Crippen LogP contribution < -0.4 is 39.4 Å². The van der Waals surface area contributed by atoms with Gasteiger partial charge in [-0.2, -0.15) is 0 Å². The van der Waals surface area contributed by atoms with Crippen molar-refractivity contribution in [2.24, 2.45) is 0 Å². The van der Waals surface area contributed by atoms with E-state index < -0.39 is 5.97 Å². The first-order chi connectivity index (χ1) is 15.5. The molecule has 0 spiro atoms. The minimum absolute atomic E-state index is 0. The zero-order valence-electron chi connectivity index (χ0n) is 18.0. The predicted molar refractivity (Wildman–Crippen MR) is 129 cm³/mol. The molecule has 1 heterocycles. The van der Waals surface area contributed by atoms with Crippen molar-refractivity contribution in [3.8, 4) is 27.3 Å². The maximum atomic E-state index is 10.9. The molecule has 7 heteroatoms. The average molecular weight is 505 g/mol. The second-order valence-corrected chi connectivity index (χ2v) is 8.94. The standard InChI is InChI=1S/C26H20Cl2O3S.Na/c27-22-9-5-10-23(28)21(22)15-31-24-11-4-3-7-19(24)18-14-25(32-16-18)20-8-2-1-6-17(20)12-13-26(29)30;/h1-11,14,16H,12-13,15H2,(H,29,30);/q;+1/p-1. The average Bonchev–Trinajstić information content (AvgIpc) is 3.28. The van der Waals surface area contributed by atoms with Gasteiger partial charge in [-0.05, 0) is 59.2 Å². The third kappa shape index (κ3) is 6.42. The van der Waals surface area contributed by atoms with E-state index in [4.69, 9.17) is 27.9 Å². The molecule has 0 bridgehead atoms. The Balaban J connectivity index is 0.00000306. The van der Waals surface area contributed by atoms with E-state index in [9.17, 15) is 9.90 Å². The summed E-state index contributed by atoms with van der Waals surface area (Å²) < 4.78 is 6.11. The van der Waals surface area contributed by atoms with Crippen molar-refractivity contribution in [1.29, 1.82) is 0 Å². The van der Waals surface area contributed by atoms with Crippen LogP contribution in [0.3, 0.4) is 0 Å². The summed E-state index contributed by atoms with van der Waals surface area (Å²) in [7, 11) is 0. The van der Waals surface area contributed by atoms with Crippen LogP contribution in [0, 0.1) is 0 Å². The summed E-state index contributed by atoms with van der Waals surface area (Å²) in [5, 5.41) is 14.1. The van der Waals surface area contributed by atoms with E-state index in [1.807, 2.05) is 48.5 Å². The molecule has 0 unspecified atom stereocenters. The number of para-hydroxylation sites is 1. The molecular formula is C26H19Cl2NaO3S. The molecule has 4 aromatic rings. The Morgan fingerprint density at radius 2 is 1.58 bits per heavy atom. The number of aliphatic carboxylic acids is 1. The molecule has 0 saturated heterocycles. The second-order valence-electron chi connectivity index (χ2n) is 7.21. The van der Waals surface area contributed by atoms with Crippen LogP contribution >= 0.6 is 34.5 Å². The summed E-state index contributed by atoms with van der Waals surface area (Å²) in [6, 6.07) is 23.2. The van der Waals surface area contributed by atoms with E-state index in [1.165, 1.54) is 0 Å². The Bertz CT molecular complexity index is 1240. The number of rotatable bonds is 8. The van der Waals surface area contributed by atoms with E-state index in [-0.39, 0.29) is 42.6 Å². The number of thiophene rings is 1. The molecule has 1 aromatic heterocycles. The minimum Gasteiger partial charge on any atom is -0.550 e. The number of halogens is 2. The van der Waals surface area contributed by atoms with Gasteiger partial charge in [0.15, 0.2) is 0 Å². The number of carbonyl (C=O) groups is 1. The molecule has 0 aliphatic carbocycles. The monoisotopic (exact) mass is 504 g/mol. The zero-order valence-corrected chi connectivity index (χ0v) is 22.3. The SMILES string of the molecule is O=C([O-])CCc1ccccc1-c1cc(-c2ccccc2OCc2c(Cl)cccc2Cl)cs1.[Na+]. The van der Waals surface area contributed by atoms with Crippen molar-refractivity contribution < 1.29 is 44.2 Å². The molecule has 0 saturated carbocycles. The van der Waals surface area contributed by atoms with Crippen molar-refractivity contribution in [2.45, 2.75) is 19.4 Å². The second kappa shape index (κ2) is 12.1. The topological polar surface area (TPSA) is 49.4 Å². The van der Waals surface area contributed by atoms with Crippen molar-refractivity contribution in [2.75, 3.05) is 0 Å². The van der Waals surface area contributed by atoms with Crippen LogP contribution in [0.15, 0.2) is 78.2 Å². The minimum atomic E-state index is -1.05. The van der Waals surface area contributed by atoms with E-state index >= 15 is 0 Å². The van der Waals surface area contributed by atoms with Gasteiger partial charge in [0.25, 0.3) is 0 Å². The maximum Gasteiger partial charge on any atom is 1.00 e. The number of hydrogen-bond donors (Lipinski definition) is 0. The van der Waals surface area contributed by atoms with E-state index in [0.29, 0.717) is 16.5 Å². The molecule has 0 aliphatic rings. The van der Waals surface area contributed by atoms with Gasteiger partial charge in [0.2, 0.25) is 0 Å². The van der Waals surface area contributed by atoms with Gasteiger partial charge in [-0.1, -0.05) is 71.7 Å². The Hall–Kier alpha value is -1.79. The molecule has 4 rings (SSSR count). The maximum absolute atomic E-state index is 10.9. The normalized spacial score (nSPS) is 10.5. The smallest absolute Gasteiger partial charge is 0.550 e. The van der Waals surface area contributed by atoms with Gasteiger partial charge < -0.3 is 14.6 Å². The molecule has 0 aliphatic heterocycles. The van der Waals surface area contributed by atoms with Crippen LogP contribution in [-0.4, -0.2) is 5.97 Å². The number of benzene rings is 3. The van der Waals surface area contributed by atoms with Crippen LogP contribution in [0.2, 0.25) is 10.0 Å². The number of hydrogen-bond acceptors (Lipinski definition) is 4. The summed E-state index contributed by atoms with van der Waals surface area (Å²) in [6.45, 7) is 0.262. The van der Waals surface area contributed by atoms with Crippen molar-refractivity contribution in [1.82, 2.24) is 0 Å². The third-order valence-corrected chi connectivity index (χ3v) is 6.78. The number of ether oxygens (including phenoxy) is 1. The molecule has 0 fully saturated rings. The number of carbonyl (C=O) groups excluding carboxylic acids is 1. The van der Waals surface area contributed by atoms with Crippen LogP contribution in [-0.2, 0) is 17.8 Å². The fourth-order valence-corrected chi connectivity index (χ4v) is 4.96. The largest absolute Gasteiger partial charge is 1.00 e. The molecular weight excluding hydrogens is 486 g/mol. The van der Waals surface area contributed by atoms with Crippen LogP contribution in [0.5, 0.6) is 5.75 Å². The van der Waals surface area contributed by atoms with Gasteiger partial charge in [-0.25, -0.2) is 0 Å². The quantitative estimate of drug-likeness (QED) is 0.344. The molecule has 0 N–H and O–H groups in total. The molecule has 3 nitrogen and oxygen atoms in total. The Morgan fingerprint density at radius 3 is 2.30 bits per heavy atom. The van der Waals surface area contributed by atoms with Gasteiger partial charge in [-0.3, -0.25) is 0 Å². The van der Waals surface area contributed by atoms with E-state index in [1.54, 1.807) is 29.5 Å². The predicted octanol–water partition coefficient (Wildman–Crippen LogP) is 3.65. The van der Waals surface area contributed by atoms with Gasteiger partial charge in [-0.15, -0.1) is 11.3 Å². The Morgan fingerprint density at radius 1 is 0.909 bits per heavy atom. The van der Waals surface area contributed by atoms with Crippen molar-refractivity contribution in [3.63, 3.8) is 0 Å². The molecule has 162 valence electrons. The van der Waals surface area contributed by atoms with Gasteiger partial charge >= 0.3 is 29.6 Å². The first-order valence-electron chi connectivity index (χ1n) is 10.0. The fourth-order valence-electron chi connectivity index (χ4n) is 3.49. The number of aryl methyl sites for hydroxylation is 1. The molecule has 0 atom stereocenters. The molecule has 0 amide bonds. The summed E-state index contributed by atoms with van der Waals surface area (Å²) in [5.74, 6) is -0.311. The summed E-state index contributed by atoms with van der Waals surface area (Å²) in [6.07, 6.45) is 0.431. The van der Waals surface area contributed by atoms with Gasteiger partial charge in [0.05, 0.1) is 0 Å². The first-order valence-corrected chi connectivity index (χ1v) is 11.7.